The van der Waals surface area contributed by atoms with Crippen LogP contribution >= 0.6 is 0 Å². The number of carboxylic acids is 1. The molecular formula is C24H23F2NO5S. The second-order valence-corrected chi connectivity index (χ2v) is 9.07. The van der Waals surface area contributed by atoms with Crippen LogP contribution in [0.15, 0.2) is 65.6 Å². The lowest BCUT2D eigenvalue weighted by Crippen LogP contribution is -2.31. The SMILES string of the molecule is CCc1ccc(S(=O)(=O)N(CC)c2ccc(OCc3cc(F)cc(F)c3)cc2)cc1C(=O)O. The summed E-state index contributed by atoms with van der Waals surface area (Å²) in [5, 5.41) is 9.43. The molecule has 6 nitrogen and oxygen atoms in total. The average Bonchev–Trinajstić information content (AvgIpc) is 2.77. The number of anilines is 1. The molecule has 0 amide bonds. The van der Waals surface area contributed by atoms with E-state index in [-0.39, 0.29) is 23.6 Å². The number of hydrogen-bond acceptors (Lipinski definition) is 4. The van der Waals surface area contributed by atoms with Crippen LogP contribution in [-0.4, -0.2) is 26.0 Å². The van der Waals surface area contributed by atoms with Crippen molar-refractivity contribution < 1.29 is 31.8 Å². The Kier molecular flexibility index (Phi) is 7.33. The molecule has 0 heterocycles. The van der Waals surface area contributed by atoms with E-state index in [9.17, 15) is 27.1 Å². The largest absolute Gasteiger partial charge is 0.489 e. The first-order valence-corrected chi connectivity index (χ1v) is 11.7. The Labute approximate surface area is 191 Å². The van der Waals surface area contributed by atoms with E-state index in [1.54, 1.807) is 38.1 Å². The molecule has 0 bridgehead atoms. The number of carboxylic acid groups (broad SMARTS) is 1. The molecule has 0 aromatic heterocycles. The minimum atomic E-state index is -4.02. The van der Waals surface area contributed by atoms with Crippen LogP contribution in [0.2, 0.25) is 0 Å². The minimum Gasteiger partial charge on any atom is -0.489 e. The number of ether oxygens (including phenoxy) is 1. The predicted octanol–water partition coefficient (Wildman–Crippen LogP) is 5.02. The van der Waals surface area contributed by atoms with Gasteiger partial charge in [-0.05, 0) is 73.0 Å². The maximum Gasteiger partial charge on any atom is 0.336 e. The van der Waals surface area contributed by atoms with Crippen molar-refractivity contribution in [1.29, 1.82) is 0 Å². The Morgan fingerprint density at radius 3 is 2.15 bits per heavy atom. The molecule has 0 saturated heterocycles. The molecule has 0 saturated carbocycles. The van der Waals surface area contributed by atoms with E-state index in [1.807, 2.05) is 0 Å². The van der Waals surface area contributed by atoms with Gasteiger partial charge in [-0.1, -0.05) is 13.0 Å². The zero-order valence-electron chi connectivity index (χ0n) is 18.1. The summed E-state index contributed by atoms with van der Waals surface area (Å²) in [5.41, 5.74) is 1.17. The van der Waals surface area contributed by atoms with Crippen LogP contribution in [-0.2, 0) is 23.1 Å². The van der Waals surface area contributed by atoms with Crippen LogP contribution in [0.1, 0.15) is 35.3 Å². The lowest BCUT2D eigenvalue weighted by molar-refractivity contribution is 0.0695. The van der Waals surface area contributed by atoms with Crippen molar-refractivity contribution in [3.63, 3.8) is 0 Å². The molecule has 3 rings (SSSR count). The van der Waals surface area contributed by atoms with Crippen molar-refractivity contribution in [1.82, 2.24) is 0 Å². The molecule has 9 heteroatoms. The van der Waals surface area contributed by atoms with Crippen molar-refractivity contribution in [3.05, 3.63) is 89.0 Å². The van der Waals surface area contributed by atoms with Gasteiger partial charge in [-0.3, -0.25) is 4.31 Å². The van der Waals surface area contributed by atoms with Gasteiger partial charge in [0.2, 0.25) is 0 Å². The molecule has 3 aromatic carbocycles. The Balaban J connectivity index is 1.82. The lowest BCUT2D eigenvalue weighted by Gasteiger charge is -2.23. The number of nitrogens with zero attached hydrogens (tertiary/aromatic N) is 1. The topological polar surface area (TPSA) is 83.9 Å². The molecule has 3 aromatic rings. The summed E-state index contributed by atoms with van der Waals surface area (Å²) >= 11 is 0. The quantitative estimate of drug-likeness (QED) is 0.470. The van der Waals surface area contributed by atoms with Crippen LogP contribution in [0, 0.1) is 11.6 Å². The molecule has 0 aliphatic rings. The Hall–Kier alpha value is -3.46. The number of benzene rings is 3. The summed E-state index contributed by atoms with van der Waals surface area (Å²) in [6, 6.07) is 13.4. The summed E-state index contributed by atoms with van der Waals surface area (Å²) in [6.45, 7) is 3.51. The Morgan fingerprint density at radius 2 is 1.61 bits per heavy atom. The standard InChI is InChI=1S/C24H23F2NO5S/c1-3-17-5-10-22(14-23(17)24(28)29)33(30,31)27(4-2)20-6-8-21(9-7-20)32-15-16-11-18(25)13-19(26)12-16/h5-14H,3-4,15H2,1-2H3,(H,28,29). The van der Waals surface area contributed by atoms with Gasteiger partial charge in [-0.15, -0.1) is 0 Å². The number of aromatic carboxylic acids is 1. The van der Waals surface area contributed by atoms with E-state index in [2.05, 4.69) is 0 Å². The van der Waals surface area contributed by atoms with Crippen LogP contribution in [0.5, 0.6) is 5.75 Å². The highest BCUT2D eigenvalue weighted by molar-refractivity contribution is 7.92. The van der Waals surface area contributed by atoms with Gasteiger partial charge >= 0.3 is 5.97 Å². The average molecular weight is 476 g/mol. The number of sulfonamides is 1. The second-order valence-electron chi connectivity index (χ2n) is 7.21. The van der Waals surface area contributed by atoms with E-state index < -0.39 is 27.6 Å². The normalized spacial score (nSPS) is 11.3. The summed E-state index contributed by atoms with van der Waals surface area (Å²) < 4.78 is 59.8. The van der Waals surface area contributed by atoms with E-state index in [4.69, 9.17) is 4.74 Å². The molecule has 33 heavy (non-hydrogen) atoms. The monoisotopic (exact) mass is 475 g/mol. The van der Waals surface area contributed by atoms with Gasteiger partial charge in [0.05, 0.1) is 16.1 Å². The van der Waals surface area contributed by atoms with Crippen molar-refractivity contribution in [3.8, 4) is 5.75 Å². The molecule has 0 atom stereocenters. The zero-order chi connectivity index (χ0) is 24.2. The van der Waals surface area contributed by atoms with E-state index in [1.165, 1.54) is 18.2 Å². The Bertz CT molecular complexity index is 1240. The number of halogens is 2. The molecule has 0 unspecified atom stereocenters. The molecule has 0 aliphatic carbocycles. The van der Waals surface area contributed by atoms with Gasteiger partial charge in [-0.25, -0.2) is 22.0 Å². The number of hydrogen-bond donors (Lipinski definition) is 1. The molecule has 0 fully saturated rings. The summed E-state index contributed by atoms with van der Waals surface area (Å²) in [6.07, 6.45) is 0.461. The van der Waals surface area contributed by atoms with E-state index in [0.717, 1.165) is 22.5 Å². The summed E-state index contributed by atoms with van der Waals surface area (Å²) in [4.78, 5) is 11.4. The second kappa shape index (κ2) is 9.99. The van der Waals surface area contributed by atoms with Crippen LogP contribution < -0.4 is 9.04 Å². The molecular weight excluding hydrogens is 452 g/mol. The maximum atomic E-state index is 13.3. The smallest absolute Gasteiger partial charge is 0.336 e. The van der Waals surface area contributed by atoms with Gasteiger partial charge in [0, 0.05) is 12.6 Å². The third-order valence-electron chi connectivity index (χ3n) is 5.02. The first-order valence-electron chi connectivity index (χ1n) is 10.2. The highest BCUT2D eigenvalue weighted by atomic mass is 32.2. The molecule has 0 aliphatic heterocycles. The van der Waals surface area contributed by atoms with Gasteiger partial charge in [0.25, 0.3) is 10.0 Å². The first-order chi connectivity index (χ1) is 15.6. The van der Waals surface area contributed by atoms with Crippen LogP contribution in [0.4, 0.5) is 14.5 Å². The predicted molar refractivity (Wildman–Crippen MR) is 120 cm³/mol. The summed E-state index contributed by atoms with van der Waals surface area (Å²) in [7, 11) is -4.02. The molecule has 0 radical (unpaired) electrons. The minimum absolute atomic E-state index is 0.0489. The van der Waals surface area contributed by atoms with Gasteiger partial charge in [-0.2, -0.15) is 0 Å². The van der Waals surface area contributed by atoms with Crippen molar-refractivity contribution >= 4 is 21.7 Å². The van der Waals surface area contributed by atoms with Crippen molar-refractivity contribution in [2.24, 2.45) is 0 Å². The highest BCUT2D eigenvalue weighted by Gasteiger charge is 2.25. The van der Waals surface area contributed by atoms with Crippen LogP contribution in [0.3, 0.4) is 0 Å². The van der Waals surface area contributed by atoms with E-state index in [0.29, 0.717) is 29.0 Å². The fraction of sp³-hybridized carbons (Fsp3) is 0.208. The number of rotatable bonds is 9. The molecule has 1 N–H and O–H groups in total. The van der Waals surface area contributed by atoms with Gasteiger partial charge < -0.3 is 9.84 Å². The number of aryl methyl sites for hydroxylation is 1. The third-order valence-corrected chi connectivity index (χ3v) is 6.92. The fourth-order valence-corrected chi connectivity index (χ4v) is 4.91. The lowest BCUT2D eigenvalue weighted by atomic mass is 10.1. The summed E-state index contributed by atoms with van der Waals surface area (Å²) in [5.74, 6) is -2.21. The number of carbonyl (C=O) groups is 1. The molecule has 0 spiro atoms. The van der Waals surface area contributed by atoms with Crippen molar-refractivity contribution in [2.75, 3.05) is 10.8 Å². The van der Waals surface area contributed by atoms with Crippen molar-refractivity contribution in [2.45, 2.75) is 31.8 Å². The maximum absolute atomic E-state index is 13.3. The first kappa shape index (κ1) is 24.2. The Morgan fingerprint density at radius 1 is 0.970 bits per heavy atom. The van der Waals surface area contributed by atoms with Crippen LogP contribution in [0.25, 0.3) is 0 Å². The zero-order valence-corrected chi connectivity index (χ0v) is 18.9. The van der Waals surface area contributed by atoms with Gasteiger partial charge in [0.15, 0.2) is 0 Å². The third kappa shape index (κ3) is 5.48. The highest BCUT2D eigenvalue weighted by Crippen LogP contribution is 2.27. The van der Waals surface area contributed by atoms with Gasteiger partial charge in [0.1, 0.15) is 24.0 Å². The fourth-order valence-electron chi connectivity index (χ4n) is 3.41. The molecule has 174 valence electrons. The van der Waals surface area contributed by atoms with E-state index >= 15 is 0 Å².